The molecule has 4 aromatic rings. The highest BCUT2D eigenvalue weighted by molar-refractivity contribution is 7.99. The van der Waals surface area contributed by atoms with Crippen molar-refractivity contribution >= 4 is 23.4 Å². The van der Waals surface area contributed by atoms with Crippen LogP contribution >= 0.6 is 11.8 Å². The van der Waals surface area contributed by atoms with Gasteiger partial charge in [-0.2, -0.15) is 0 Å². The molecular formula is C25H24N4OS. The molecule has 1 aromatic heterocycles. The van der Waals surface area contributed by atoms with Crippen molar-refractivity contribution in [3.63, 3.8) is 0 Å². The first-order valence-corrected chi connectivity index (χ1v) is 11.1. The normalized spacial score (nSPS) is 10.8. The lowest BCUT2D eigenvalue weighted by molar-refractivity contribution is -0.113. The van der Waals surface area contributed by atoms with E-state index in [4.69, 9.17) is 0 Å². The zero-order chi connectivity index (χ0) is 21.8. The number of anilines is 1. The first kappa shape index (κ1) is 20.9. The minimum absolute atomic E-state index is 0.0709. The largest absolute Gasteiger partial charge is 0.325 e. The van der Waals surface area contributed by atoms with E-state index in [1.807, 2.05) is 79.1 Å². The summed E-state index contributed by atoms with van der Waals surface area (Å²) in [6.07, 6.45) is 0. The van der Waals surface area contributed by atoms with Crippen molar-refractivity contribution in [3.8, 4) is 17.1 Å². The van der Waals surface area contributed by atoms with Gasteiger partial charge in [-0.15, -0.1) is 10.2 Å². The van der Waals surface area contributed by atoms with E-state index in [9.17, 15) is 4.79 Å². The zero-order valence-corrected chi connectivity index (χ0v) is 18.6. The molecule has 0 unspecified atom stereocenters. The predicted octanol–water partition coefficient (Wildman–Crippen LogP) is 5.59. The molecule has 156 valence electrons. The van der Waals surface area contributed by atoms with Crippen molar-refractivity contribution in [1.29, 1.82) is 0 Å². The maximum Gasteiger partial charge on any atom is 0.234 e. The Morgan fingerprint density at radius 1 is 0.903 bits per heavy atom. The van der Waals surface area contributed by atoms with E-state index in [0.29, 0.717) is 5.16 Å². The van der Waals surface area contributed by atoms with Crippen LogP contribution in [0.5, 0.6) is 0 Å². The van der Waals surface area contributed by atoms with Gasteiger partial charge in [-0.25, -0.2) is 0 Å². The highest BCUT2D eigenvalue weighted by Gasteiger charge is 2.17. The molecule has 5 nitrogen and oxygen atoms in total. The molecule has 3 aromatic carbocycles. The van der Waals surface area contributed by atoms with Crippen LogP contribution in [0, 0.1) is 20.8 Å². The SMILES string of the molecule is Cc1ccc(-n2c(SCC(=O)Nc3cccc(C)c3C)nnc2-c2ccccc2)cc1. The van der Waals surface area contributed by atoms with Gasteiger partial charge < -0.3 is 5.32 Å². The fourth-order valence-electron chi connectivity index (χ4n) is 3.27. The monoisotopic (exact) mass is 428 g/mol. The summed E-state index contributed by atoms with van der Waals surface area (Å²) >= 11 is 1.38. The van der Waals surface area contributed by atoms with E-state index < -0.39 is 0 Å². The Bertz CT molecular complexity index is 1200. The van der Waals surface area contributed by atoms with Crippen LogP contribution in [0.15, 0.2) is 78.0 Å². The third-order valence-corrected chi connectivity index (χ3v) is 6.10. The average Bonchev–Trinajstić information content (AvgIpc) is 3.21. The number of aromatic nitrogens is 3. The number of nitrogens with one attached hydrogen (secondary N) is 1. The molecule has 1 heterocycles. The number of hydrogen-bond acceptors (Lipinski definition) is 4. The van der Waals surface area contributed by atoms with E-state index in [1.165, 1.54) is 17.3 Å². The summed E-state index contributed by atoms with van der Waals surface area (Å²) in [6, 6.07) is 24.1. The highest BCUT2D eigenvalue weighted by atomic mass is 32.2. The molecule has 0 saturated carbocycles. The fourth-order valence-corrected chi connectivity index (χ4v) is 4.02. The number of hydrogen-bond donors (Lipinski definition) is 1. The van der Waals surface area contributed by atoms with Crippen molar-refractivity contribution in [2.24, 2.45) is 0 Å². The molecule has 0 aliphatic carbocycles. The van der Waals surface area contributed by atoms with Gasteiger partial charge >= 0.3 is 0 Å². The topological polar surface area (TPSA) is 59.8 Å². The van der Waals surface area contributed by atoms with Crippen LogP contribution in [-0.4, -0.2) is 26.4 Å². The fraction of sp³-hybridized carbons (Fsp3) is 0.160. The van der Waals surface area contributed by atoms with Crippen LogP contribution in [0.25, 0.3) is 17.1 Å². The third kappa shape index (κ3) is 4.70. The second kappa shape index (κ2) is 9.18. The van der Waals surface area contributed by atoms with Crippen molar-refractivity contribution < 1.29 is 4.79 Å². The first-order valence-electron chi connectivity index (χ1n) is 10.1. The number of benzene rings is 3. The summed E-state index contributed by atoms with van der Waals surface area (Å²) in [6.45, 7) is 6.11. The number of carbonyl (C=O) groups is 1. The van der Waals surface area contributed by atoms with Crippen LogP contribution in [-0.2, 0) is 4.79 Å². The van der Waals surface area contributed by atoms with E-state index in [1.54, 1.807) is 0 Å². The zero-order valence-electron chi connectivity index (χ0n) is 17.8. The van der Waals surface area contributed by atoms with Gasteiger partial charge in [0.25, 0.3) is 0 Å². The van der Waals surface area contributed by atoms with Gasteiger partial charge in [0, 0.05) is 16.9 Å². The molecule has 0 bridgehead atoms. The molecule has 0 fully saturated rings. The van der Waals surface area contributed by atoms with Gasteiger partial charge in [0.05, 0.1) is 5.75 Å². The number of carbonyl (C=O) groups excluding carboxylic acids is 1. The van der Waals surface area contributed by atoms with Gasteiger partial charge in [-0.3, -0.25) is 9.36 Å². The Labute approximate surface area is 186 Å². The highest BCUT2D eigenvalue weighted by Crippen LogP contribution is 2.28. The maximum absolute atomic E-state index is 12.6. The van der Waals surface area contributed by atoms with Crippen molar-refractivity contribution in [1.82, 2.24) is 14.8 Å². The van der Waals surface area contributed by atoms with Gasteiger partial charge in [0.2, 0.25) is 5.91 Å². The van der Waals surface area contributed by atoms with Crippen LogP contribution in [0.4, 0.5) is 5.69 Å². The average molecular weight is 429 g/mol. The number of aryl methyl sites for hydroxylation is 2. The Morgan fingerprint density at radius 3 is 2.39 bits per heavy atom. The molecule has 4 rings (SSSR count). The Morgan fingerprint density at radius 2 is 1.65 bits per heavy atom. The smallest absolute Gasteiger partial charge is 0.234 e. The van der Waals surface area contributed by atoms with E-state index >= 15 is 0 Å². The molecule has 0 aliphatic heterocycles. The molecule has 0 aliphatic rings. The van der Waals surface area contributed by atoms with E-state index in [0.717, 1.165) is 33.9 Å². The lowest BCUT2D eigenvalue weighted by atomic mass is 10.1. The van der Waals surface area contributed by atoms with Gasteiger partial charge in [0.15, 0.2) is 11.0 Å². The standard InChI is InChI=1S/C25H24N4OS/c1-17-12-14-21(15-13-17)29-24(20-9-5-4-6-10-20)27-28-25(29)31-16-23(30)26-22-11-7-8-18(2)19(22)3/h4-15H,16H2,1-3H3,(H,26,30). The van der Waals surface area contributed by atoms with Gasteiger partial charge in [-0.05, 0) is 50.1 Å². The molecule has 6 heteroatoms. The lowest BCUT2D eigenvalue weighted by Gasteiger charge is -2.12. The van der Waals surface area contributed by atoms with Gasteiger partial charge in [-0.1, -0.05) is 71.9 Å². The summed E-state index contributed by atoms with van der Waals surface area (Å²) in [5.41, 5.74) is 6.19. The summed E-state index contributed by atoms with van der Waals surface area (Å²) in [4.78, 5) is 12.6. The minimum Gasteiger partial charge on any atom is -0.325 e. The first-order chi connectivity index (χ1) is 15.0. The Hall–Kier alpha value is -3.38. The number of thioether (sulfide) groups is 1. The third-order valence-electron chi connectivity index (χ3n) is 5.17. The quantitative estimate of drug-likeness (QED) is 0.407. The molecule has 0 saturated heterocycles. The molecule has 31 heavy (non-hydrogen) atoms. The molecule has 0 atom stereocenters. The van der Waals surface area contributed by atoms with Crippen molar-refractivity contribution in [3.05, 3.63) is 89.5 Å². The van der Waals surface area contributed by atoms with Crippen LogP contribution in [0.3, 0.4) is 0 Å². The summed E-state index contributed by atoms with van der Waals surface area (Å²) in [5.74, 6) is 0.923. The Balaban J connectivity index is 1.59. The molecule has 0 radical (unpaired) electrons. The molecular weight excluding hydrogens is 404 g/mol. The summed E-state index contributed by atoms with van der Waals surface area (Å²) in [7, 11) is 0. The van der Waals surface area contributed by atoms with Crippen LogP contribution < -0.4 is 5.32 Å². The number of rotatable bonds is 6. The van der Waals surface area contributed by atoms with E-state index in [2.05, 4.69) is 34.6 Å². The molecule has 1 N–H and O–H groups in total. The van der Waals surface area contributed by atoms with Crippen molar-refractivity contribution in [2.45, 2.75) is 25.9 Å². The lowest BCUT2D eigenvalue weighted by Crippen LogP contribution is -2.15. The molecule has 0 spiro atoms. The van der Waals surface area contributed by atoms with Crippen LogP contribution in [0.1, 0.15) is 16.7 Å². The van der Waals surface area contributed by atoms with Crippen molar-refractivity contribution in [2.75, 3.05) is 11.1 Å². The maximum atomic E-state index is 12.6. The van der Waals surface area contributed by atoms with E-state index in [-0.39, 0.29) is 11.7 Å². The minimum atomic E-state index is -0.0709. The second-order valence-corrected chi connectivity index (χ2v) is 8.37. The van der Waals surface area contributed by atoms with Crippen LogP contribution in [0.2, 0.25) is 0 Å². The van der Waals surface area contributed by atoms with Gasteiger partial charge in [0.1, 0.15) is 0 Å². The second-order valence-electron chi connectivity index (χ2n) is 7.43. The Kier molecular flexibility index (Phi) is 6.18. The summed E-state index contributed by atoms with van der Waals surface area (Å²) < 4.78 is 2.00. The predicted molar refractivity (Wildman–Crippen MR) is 127 cm³/mol. The summed E-state index contributed by atoms with van der Waals surface area (Å²) in [5, 5.41) is 12.5. The number of nitrogens with zero attached hydrogens (tertiary/aromatic N) is 3. The number of amides is 1. The molecule has 1 amide bonds.